The molecule has 3 heterocycles. The Morgan fingerprint density at radius 3 is 2.52 bits per heavy atom. The SMILES string of the molecule is O=C1C2C(O)CCN2C(=O)C2CC(c3c(O)ccc(Cl)c3Cl)CCN12. The van der Waals surface area contributed by atoms with Crippen molar-refractivity contribution in [3.05, 3.63) is 27.7 Å². The minimum atomic E-state index is -0.790. The first-order chi connectivity index (χ1) is 11.9. The fourth-order valence-corrected chi connectivity index (χ4v) is 4.83. The summed E-state index contributed by atoms with van der Waals surface area (Å²) in [6.07, 6.45) is 0.595. The van der Waals surface area contributed by atoms with Crippen molar-refractivity contribution in [1.82, 2.24) is 9.80 Å². The van der Waals surface area contributed by atoms with Gasteiger partial charge in [-0.2, -0.15) is 0 Å². The number of carbonyl (C=O) groups is 2. The topological polar surface area (TPSA) is 81.1 Å². The molecule has 134 valence electrons. The van der Waals surface area contributed by atoms with E-state index in [4.69, 9.17) is 23.2 Å². The van der Waals surface area contributed by atoms with E-state index in [0.717, 1.165) is 0 Å². The summed E-state index contributed by atoms with van der Waals surface area (Å²) in [5.41, 5.74) is 0.539. The van der Waals surface area contributed by atoms with Crippen LogP contribution in [0.5, 0.6) is 5.75 Å². The van der Waals surface area contributed by atoms with Gasteiger partial charge in [-0.3, -0.25) is 9.59 Å². The molecule has 2 amide bonds. The molecule has 2 N–H and O–H groups in total. The highest BCUT2D eigenvalue weighted by Crippen LogP contribution is 2.44. The summed E-state index contributed by atoms with van der Waals surface area (Å²) in [4.78, 5) is 28.6. The van der Waals surface area contributed by atoms with Gasteiger partial charge in [-0.05, 0) is 37.3 Å². The van der Waals surface area contributed by atoms with E-state index in [-0.39, 0.29) is 23.5 Å². The molecular weight excluding hydrogens is 367 g/mol. The summed E-state index contributed by atoms with van der Waals surface area (Å²) >= 11 is 12.4. The number of aromatic hydroxyl groups is 1. The molecule has 3 aliphatic rings. The lowest BCUT2D eigenvalue weighted by molar-refractivity contribution is -0.164. The molecule has 0 saturated carbocycles. The molecule has 3 fully saturated rings. The van der Waals surface area contributed by atoms with Crippen LogP contribution in [0.4, 0.5) is 0 Å². The minimum Gasteiger partial charge on any atom is -0.508 e. The molecule has 1 aromatic rings. The minimum absolute atomic E-state index is 0.0527. The van der Waals surface area contributed by atoms with Gasteiger partial charge in [0.15, 0.2) is 0 Å². The average Bonchev–Trinajstić information content (AvgIpc) is 2.98. The van der Waals surface area contributed by atoms with Crippen LogP contribution >= 0.6 is 23.2 Å². The summed E-state index contributed by atoms with van der Waals surface area (Å²) in [6.45, 7) is 0.786. The van der Waals surface area contributed by atoms with Crippen molar-refractivity contribution in [2.75, 3.05) is 13.1 Å². The monoisotopic (exact) mass is 384 g/mol. The maximum absolute atomic E-state index is 12.8. The van der Waals surface area contributed by atoms with Crippen molar-refractivity contribution in [3.8, 4) is 5.75 Å². The number of aliphatic hydroxyl groups is 1. The number of rotatable bonds is 1. The van der Waals surface area contributed by atoms with Crippen molar-refractivity contribution in [2.24, 2.45) is 0 Å². The Hall–Kier alpha value is -1.50. The Morgan fingerprint density at radius 2 is 1.76 bits per heavy atom. The number of piperidine rings is 1. The van der Waals surface area contributed by atoms with Crippen LogP contribution in [0, 0.1) is 0 Å². The van der Waals surface area contributed by atoms with Crippen molar-refractivity contribution in [3.63, 3.8) is 0 Å². The van der Waals surface area contributed by atoms with Gasteiger partial charge in [-0.15, -0.1) is 0 Å². The lowest BCUT2D eigenvalue weighted by Gasteiger charge is -2.47. The van der Waals surface area contributed by atoms with E-state index in [2.05, 4.69) is 0 Å². The van der Waals surface area contributed by atoms with Crippen molar-refractivity contribution >= 4 is 35.0 Å². The van der Waals surface area contributed by atoms with Crippen LogP contribution in [-0.4, -0.2) is 63.1 Å². The highest BCUT2D eigenvalue weighted by Gasteiger charge is 2.53. The Bertz CT molecular complexity index is 756. The number of benzene rings is 1. The zero-order valence-electron chi connectivity index (χ0n) is 13.4. The predicted octanol–water partition coefficient (Wildman–Crippen LogP) is 1.75. The van der Waals surface area contributed by atoms with Gasteiger partial charge in [0.05, 0.1) is 16.1 Å². The molecule has 0 spiro atoms. The summed E-state index contributed by atoms with van der Waals surface area (Å²) in [5, 5.41) is 20.9. The number of piperazine rings is 1. The van der Waals surface area contributed by atoms with Gasteiger partial charge in [-0.1, -0.05) is 23.2 Å². The number of nitrogens with zero attached hydrogens (tertiary/aromatic N) is 2. The summed E-state index contributed by atoms with van der Waals surface area (Å²) in [7, 11) is 0. The molecule has 6 nitrogen and oxygen atoms in total. The lowest BCUT2D eigenvalue weighted by Crippen LogP contribution is -2.66. The van der Waals surface area contributed by atoms with Crippen molar-refractivity contribution in [1.29, 1.82) is 0 Å². The first-order valence-corrected chi connectivity index (χ1v) is 9.11. The third-order valence-electron chi connectivity index (χ3n) is 5.59. The highest BCUT2D eigenvalue weighted by molar-refractivity contribution is 6.42. The number of fused-ring (bicyclic) bond motifs is 2. The standard InChI is InChI=1S/C17H18Cl2N2O4/c18-9-1-2-11(22)13(14(9)19)8-3-5-20-10(7-8)16(24)21-6-4-12(23)15(21)17(20)25/h1-2,8,10,12,15,22-23H,3-7H2. The lowest BCUT2D eigenvalue weighted by atomic mass is 9.82. The molecule has 4 unspecified atom stereocenters. The van der Waals surface area contributed by atoms with Gasteiger partial charge in [0, 0.05) is 18.7 Å². The van der Waals surface area contributed by atoms with Gasteiger partial charge < -0.3 is 20.0 Å². The van der Waals surface area contributed by atoms with Crippen LogP contribution in [0.1, 0.15) is 30.7 Å². The number of carbonyl (C=O) groups excluding carboxylic acids is 2. The third-order valence-corrected chi connectivity index (χ3v) is 6.41. The zero-order chi connectivity index (χ0) is 17.9. The number of phenols is 1. The molecule has 0 radical (unpaired) electrons. The molecule has 3 aliphatic heterocycles. The molecule has 25 heavy (non-hydrogen) atoms. The second-order valence-electron chi connectivity index (χ2n) is 6.90. The second kappa shape index (κ2) is 6.04. The molecule has 3 saturated heterocycles. The van der Waals surface area contributed by atoms with Gasteiger partial charge >= 0.3 is 0 Å². The second-order valence-corrected chi connectivity index (χ2v) is 7.68. The summed E-state index contributed by atoms with van der Waals surface area (Å²) in [6, 6.07) is 1.70. The molecule has 0 aliphatic carbocycles. The molecule has 0 bridgehead atoms. The number of aliphatic hydroxyl groups excluding tert-OH is 1. The number of hydrogen-bond donors (Lipinski definition) is 2. The highest BCUT2D eigenvalue weighted by atomic mass is 35.5. The van der Waals surface area contributed by atoms with Crippen molar-refractivity contribution < 1.29 is 19.8 Å². The van der Waals surface area contributed by atoms with E-state index in [1.165, 1.54) is 17.0 Å². The molecule has 1 aromatic carbocycles. The van der Waals surface area contributed by atoms with Crippen LogP contribution in [0.2, 0.25) is 10.0 Å². The summed E-state index contributed by atoms with van der Waals surface area (Å²) in [5.74, 6) is -0.428. The maximum atomic E-state index is 12.8. The predicted molar refractivity (Wildman–Crippen MR) is 91.7 cm³/mol. The molecular formula is C17H18Cl2N2O4. The van der Waals surface area contributed by atoms with E-state index >= 15 is 0 Å². The van der Waals surface area contributed by atoms with E-state index < -0.39 is 18.2 Å². The first kappa shape index (κ1) is 16.9. The van der Waals surface area contributed by atoms with Crippen LogP contribution in [-0.2, 0) is 9.59 Å². The van der Waals surface area contributed by atoms with Gasteiger partial charge in [0.25, 0.3) is 0 Å². The Balaban J connectivity index is 1.65. The first-order valence-electron chi connectivity index (χ1n) is 8.36. The molecule has 8 heteroatoms. The fraction of sp³-hybridized carbons (Fsp3) is 0.529. The van der Waals surface area contributed by atoms with E-state index in [1.807, 2.05) is 0 Å². The van der Waals surface area contributed by atoms with E-state index in [1.54, 1.807) is 4.90 Å². The average molecular weight is 385 g/mol. The van der Waals surface area contributed by atoms with Gasteiger partial charge in [0.2, 0.25) is 11.8 Å². The summed E-state index contributed by atoms with van der Waals surface area (Å²) < 4.78 is 0. The largest absolute Gasteiger partial charge is 0.508 e. The number of phenolic OH excluding ortho intramolecular Hbond substituents is 1. The molecule has 4 rings (SSSR count). The van der Waals surface area contributed by atoms with Gasteiger partial charge in [-0.25, -0.2) is 0 Å². The fourth-order valence-electron chi connectivity index (χ4n) is 4.35. The van der Waals surface area contributed by atoms with Crippen LogP contribution < -0.4 is 0 Å². The Kier molecular flexibility index (Phi) is 4.09. The normalized spacial score (nSPS) is 32.0. The van der Waals surface area contributed by atoms with Crippen LogP contribution in [0.3, 0.4) is 0 Å². The Morgan fingerprint density at radius 1 is 1.04 bits per heavy atom. The third kappa shape index (κ3) is 2.50. The maximum Gasteiger partial charge on any atom is 0.248 e. The smallest absolute Gasteiger partial charge is 0.248 e. The van der Waals surface area contributed by atoms with Crippen LogP contribution in [0.25, 0.3) is 0 Å². The number of hydrogen-bond acceptors (Lipinski definition) is 4. The van der Waals surface area contributed by atoms with E-state index in [0.29, 0.717) is 48.0 Å². The molecule has 4 atom stereocenters. The van der Waals surface area contributed by atoms with E-state index in [9.17, 15) is 19.8 Å². The Labute approximate surface area is 154 Å². The zero-order valence-corrected chi connectivity index (χ0v) is 14.9. The quantitative estimate of drug-likeness (QED) is 0.772. The van der Waals surface area contributed by atoms with Gasteiger partial charge in [0.1, 0.15) is 17.8 Å². The number of amides is 2. The van der Waals surface area contributed by atoms with Crippen molar-refractivity contribution in [2.45, 2.75) is 43.4 Å². The molecule has 0 aromatic heterocycles. The number of halogens is 2. The van der Waals surface area contributed by atoms with Crippen LogP contribution in [0.15, 0.2) is 12.1 Å².